The fourth-order valence-corrected chi connectivity index (χ4v) is 2.30. The summed E-state index contributed by atoms with van der Waals surface area (Å²) >= 11 is 0. The number of nitrogens with zero attached hydrogens (tertiary/aromatic N) is 1. The molecule has 0 saturated carbocycles. The highest BCUT2D eigenvalue weighted by Gasteiger charge is 2.23. The molecule has 5 nitrogen and oxygen atoms in total. The zero-order valence-corrected chi connectivity index (χ0v) is 11.4. The summed E-state index contributed by atoms with van der Waals surface area (Å²) in [6, 6.07) is 14.0. The van der Waals surface area contributed by atoms with Crippen molar-refractivity contribution in [2.75, 3.05) is 6.61 Å². The van der Waals surface area contributed by atoms with Crippen molar-refractivity contribution in [3.05, 3.63) is 42.5 Å². The number of carboxylic acids is 1. The number of hydrogen-bond acceptors (Lipinski definition) is 4. The first-order valence-electron chi connectivity index (χ1n) is 6.75. The molecule has 2 aromatic rings. The van der Waals surface area contributed by atoms with Crippen LogP contribution in [0.5, 0.6) is 5.75 Å². The maximum Gasteiger partial charge on any atom is 0.309 e. The molecule has 1 unspecified atom stereocenters. The third-order valence-corrected chi connectivity index (χ3v) is 3.31. The number of carboxylic acid groups (broad SMARTS) is 1. The summed E-state index contributed by atoms with van der Waals surface area (Å²) in [6.07, 6.45) is 0.206. The van der Waals surface area contributed by atoms with Gasteiger partial charge in [0.2, 0.25) is 0 Å². The van der Waals surface area contributed by atoms with E-state index in [2.05, 4.69) is 5.16 Å². The van der Waals surface area contributed by atoms with E-state index in [4.69, 9.17) is 14.7 Å². The zero-order valence-electron chi connectivity index (χ0n) is 11.4. The van der Waals surface area contributed by atoms with E-state index >= 15 is 0 Å². The molecule has 0 aromatic heterocycles. The highest BCUT2D eigenvalue weighted by molar-refractivity contribution is 5.98. The molecule has 1 atom stereocenters. The van der Waals surface area contributed by atoms with Gasteiger partial charge in [0.15, 0.2) is 6.10 Å². The van der Waals surface area contributed by atoms with E-state index in [1.807, 2.05) is 42.5 Å². The van der Waals surface area contributed by atoms with Crippen LogP contribution in [-0.2, 0) is 9.63 Å². The van der Waals surface area contributed by atoms with E-state index in [0.29, 0.717) is 18.7 Å². The summed E-state index contributed by atoms with van der Waals surface area (Å²) in [6.45, 7) is 0.352. The van der Waals surface area contributed by atoms with Crippen molar-refractivity contribution in [2.24, 2.45) is 5.16 Å². The molecule has 1 aliphatic rings. The lowest BCUT2D eigenvalue weighted by molar-refractivity contribution is -0.135. The minimum absolute atomic E-state index is 0.0769. The predicted octanol–water partition coefficient (Wildman–Crippen LogP) is 2.84. The minimum atomic E-state index is -0.895. The van der Waals surface area contributed by atoms with Gasteiger partial charge in [-0.15, -0.1) is 0 Å². The topological polar surface area (TPSA) is 68.1 Å². The standard InChI is InChI=1S/C16H15NO4/c18-16(19)9-13-8-15(21-17-13)10-20-14-6-5-11-3-1-2-4-12(11)7-14/h1-7,15H,8-10H2,(H,18,19). The molecule has 1 aliphatic heterocycles. The molecule has 1 N–H and O–H groups in total. The molecule has 3 rings (SSSR count). The second kappa shape index (κ2) is 5.83. The Balaban J connectivity index is 1.56. The van der Waals surface area contributed by atoms with Crippen LogP contribution < -0.4 is 4.74 Å². The minimum Gasteiger partial charge on any atom is -0.490 e. The van der Waals surface area contributed by atoms with Gasteiger partial charge in [-0.2, -0.15) is 0 Å². The van der Waals surface area contributed by atoms with E-state index in [1.54, 1.807) is 0 Å². The van der Waals surface area contributed by atoms with Gasteiger partial charge in [-0.3, -0.25) is 4.79 Å². The molecule has 1 heterocycles. The van der Waals surface area contributed by atoms with Crippen LogP contribution in [-0.4, -0.2) is 29.5 Å². The normalized spacial score (nSPS) is 17.3. The molecule has 0 aliphatic carbocycles. The van der Waals surface area contributed by atoms with E-state index in [-0.39, 0.29) is 12.5 Å². The predicted molar refractivity (Wildman–Crippen MR) is 78.6 cm³/mol. The van der Waals surface area contributed by atoms with E-state index in [9.17, 15) is 4.79 Å². The average Bonchev–Trinajstić information content (AvgIpc) is 2.91. The highest BCUT2D eigenvalue weighted by Crippen LogP contribution is 2.21. The summed E-state index contributed by atoms with van der Waals surface area (Å²) in [5, 5.41) is 14.8. The number of hydrogen-bond donors (Lipinski definition) is 1. The largest absolute Gasteiger partial charge is 0.490 e. The molecule has 0 saturated heterocycles. The van der Waals surface area contributed by atoms with Crippen molar-refractivity contribution in [1.82, 2.24) is 0 Å². The molecule has 21 heavy (non-hydrogen) atoms. The summed E-state index contributed by atoms with van der Waals surface area (Å²) in [7, 11) is 0. The Morgan fingerprint density at radius 2 is 2.10 bits per heavy atom. The number of rotatable bonds is 5. The number of ether oxygens (including phenoxy) is 1. The molecule has 0 fully saturated rings. The van der Waals surface area contributed by atoms with Gasteiger partial charge in [-0.1, -0.05) is 35.5 Å². The monoisotopic (exact) mass is 285 g/mol. The van der Waals surface area contributed by atoms with Crippen LogP contribution in [0.4, 0.5) is 0 Å². The number of oxime groups is 1. The third kappa shape index (κ3) is 3.31. The Bertz CT molecular complexity index is 695. The van der Waals surface area contributed by atoms with Gasteiger partial charge >= 0.3 is 5.97 Å². The van der Waals surface area contributed by atoms with Crippen molar-refractivity contribution < 1.29 is 19.5 Å². The molecule has 0 radical (unpaired) electrons. The van der Waals surface area contributed by atoms with Crippen LogP contribution in [0.25, 0.3) is 10.8 Å². The van der Waals surface area contributed by atoms with Gasteiger partial charge in [0.25, 0.3) is 0 Å². The molecule has 2 aromatic carbocycles. The van der Waals surface area contributed by atoms with Crippen LogP contribution in [0.1, 0.15) is 12.8 Å². The van der Waals surface area contributed by atoms with E-state index < -0.39 is 5.97 Å². The first-order valence-corrected chi connectivity index (χ1v) is 6.75. The smallest absolute Gasteiger partial charge is 0.309 e. The molecule has 0 spiro atoms. The lowest BCUT2D eigenvalue weighted by Gasteiger charge is -2.11. The van der Waals surface area contributed by atoms with Crippen LogP contribution in [0.2, 0.25) is 0 Å². The van der Waals surface area contributed by atoms with Gasteiger partial charge in [0.05, 0.1) is 12.1 Å². The van der Waals surface area contributed by atoms with E-state index in [0.717, 1.165) is 16.5 Å². The second-order valence-electron chi connectivity index (χ2n) is 4.98. The van der Waals surface area contributed by atoms with Crippen LogP contribution in [0.15, 0.2) is 47.6 Å². The Kier molecular flexibility index (Phi) is 3.73. The van der Waals surface area contributed by atoms with Crippen LogP contribution in [0, 0.1) is 0 Å². The number of benzene rings is 2. The Morgan fingerprint density at radius 1 is 1.29 bits per heavy atom. The molecule has 108 valence electrons. The molecular formula is C16H15NO4. The highest BCUT2D eigenvalue weighted by atomic mass is 16.7. The van der Waals surface area contributed by atoms with Crippen molar-refractivity contribution in [1.29, 1.82) is 0 Å². The summed E-state index contributed by atoms with van der Waals surface area (Å²) in [4.78, 5) is 15.8. The quantitative estimate of drug-likeness (QED) is 0.917. The number of carbonyl (C=O) groups is 1. The fourth-order valence-electron chi connectivity index (χ4n) is 2.30. The van der Waals surface area contributed by atoms with Gasteiger partial charge in [-0.05, 0) is 22.9 Å². The SMILES string of the molecule is O=C(O)CC1=NOC(COc2ccc3ccccc3c2)C1. The summed E-state index contributed by atoms with van der Waals surface area (Å²) in [5.74, 6) is -0.127. The number of fused-ring (bicyclic) bond motifs is 1. The van der Waals surface area contributed by atoms with Crippen molar-refractivity contribution in [3.63, 3.8) is 0 Å². The van der Waals surface area contributed by atoms with Gasteiger partial charge in [-0.25, -0.2) is 0 Å². The number of aliphatic carboxylic acids is 1. The first kappa shape index (κ1) is 13.4. The fraction of sp³-hybridized carbons (Fsp3) is 0.250. The lowest BCUT2D eigenvalue weighted by Crippen LogP contribution is -2.18. The molecule has 5 heteroatoms. The van der Waals surface area contributed by atoms with Gasteiger partial charge in [0, 0.05) is 6.42 Å². The average molecular weight is 285 g/mol. The zero-order chi connectivity index (χ0) is 14.7. The third-order valence-electron chi connectivity index (χ3n) is 3.31. The molecule has 0 bridgehead atoms. The molecular weight excluding hydrogens is 270 g/mol. The van der Waals surface area contributed by atoms with Crippen LogP contribution in [0.3, 0.4) is 0 Å². The van der Waals surface area contributed by atoms with Gasteiger partial charge < -0.3 is 14.7 Å². The first-order chi connectivity index (χ1) is 10.2. The molecule has 0 amide bonds. The Morgan fingerprint density at radius 3 is 2.90 bits per heavy atom. The second-order valence-corrected chi connectivity index (χ2v) is 4.98. The Labute approximate surface area is 121 Å². The maximum atomic E-state index is 10.6. The summed E-state index contributed by atoms with van der Waals surface area (Å²) in [5.41, 5.74) is 0.551. The van der Waals surface area contributed by atoms with Crippen molar-refractivity contribution in [2.45, 2.75) is 18.9 Å². The Hall–Kier alpha value is -2.56. The van der Waals surface area contributed by atoms with E-state index in [1.165, 1.54) is 0 Å². The van der Waals surface area contributed by atoms with Crippen molar-refractivity contribution >= 4 is 22.5 Å². The summed E-state index contributed by atoms with van der Waals surface area (Å²) < 4.78 is 5.71. The lowest BCUT2D eigenvalue weighted by atomic mass is 10.1. The maximum absolute atomic E-state index is 10.6. The van der Waals surface area contributed by atoms with Crippen molar-refractivity contribution in [3.8, 4) is 5.75 Å². The van der Waals surface area contributed by atoms with Gasteiger partial charge in [0.1, 0.15) is 12.4 Å². The van der Waals surface area contributed by atoms with Crippen LogP contribution >= 0.6 is 0 Å².